The molecule has 0 aromatic heterocycles. The molecule has 1 aromatic rings. The third-order valence-corrected chi connectivity index (χ3v) is 3.85. The molecule has 1 aromatic carbocycles. The Hall–Kier alpha value is -1.46. The van der Waals surface area contributed by atoms with Gasteiger partial charge in [0.25, 0.3) is 0 Å². The van der Waals surface area contributed by atoms with E-state index in [-0.39, 0.29) is 23.2 Å². The van der Waals surface area contributed by atoms with Crippen LogP contribution in [0.15, 0.2) is 12.1 Å². The molecule has 0 atom stereocenters. The van der Waals surface area contributed by atoms with E-state index in [0.717, 1.165) is 0 Å². The van der Waals surface area contributed by atoms with E-state index in [0.29, 0.717) is 23.7 Å². The second-order valence-electron chi connectivity index (χ2n) is 4.32. The molecule has 1 fully saturated rings. The molecule has 0 spiro atoms. The Morgan fingerprint density at radius 3 is 2.58 bits per heavy atom. The van der Waals surface area contributed by atoms with Crippen molar-refractivity contribution in [3.63, 3.8) is 0 Å². The van der Waals surface area contributed by atoms with Crippen molar-refractivity contribution < 1.29 is 14.7 Å². The third-order valence-electron chi connectivity index (χ3n) is 3.07. The van der Waals surface area contributed by atoms with Gasteiger partial charge in [-0.15, -0.1) is 0 Å². The lowest BCUT2D eigenvalue weighted by Crippen LogP contribution is -2.29. The van der Waals surface area contributed by atoms with Gasteiger partial charge in [0.05, 0.1) is 17.1 Å². The van der Waals surface area contributed by atoms with Crippen LogP contribution in [0, 0.1) is 0 Å². The first-order valence-corrected chi connectivity index (χ1v) is 6.37. The predicted octanol–water partition coefficient (Wildman–Crippen LogP) is 2.56. The number of likely N-dealkylation sites (N-methyl/N-ethyl adjacent to an activating group) is 1. The SMILES string of the molecule is CN1CCN(Cc2c(Cl)ccc(C(=O)O)c2Cl)C1=O. The van der Waals surface area contributed by atoms with Crippen LogP contribution in [0.1, 0.15) is 15.9 Å². The van der Waals surface area contributed by atoms with E-state index in [4.69, 9.17) is 28.3 Å². The molecule has 0 saturated carbocycles. The summed E-state index contributed by atoms with van der Waals surface area (Å²) in [4.78, 5) is 26.0. The Balaban J connectivity index is 2.32. The normalized spacial score (nSPS) is 15.2. The molecule has 1 heterocycles. The van der Waals surface area contributed by atoms with Crippen molar-refractivity contribution in [1.82, 2.24) is 9.80 Å². The van der Waals surface area contributed by atoms with Gasteiger partial charge < -0.3 is 14.9 Å². The Kier molecular flexibility index (Phi) is 3.87. The fraction of sp³-hybridized carbons (Fsp3) is 0.333. The maximum atomic E-state index is 11.8. The first-order chi connectivity index (χ1) is 8.91. The van der Waals surface area contributed by atoms with E-state index in [1.807, 2.05) is 0 Å². The van der Waals surface area contributed by atoms with Crippen LogP contribution in [0.2, 0.25) is 10.0 Å². The number of carbonyl (C=O) groups excluding carboxylic acids is 1. The van der Waals surface area contributed by atoms with Crippen LogP contribution in [0.25, 0.3) is 0 Å². The topological polar surface area (TPSA) is 60.9 Å². The van der Waals surface area contributed by atoms with Gasteiger partial charge >= 0.3 is 12.0 Å². The molecule has 5 nitrogen and oxygen atoms in total. The molecule has 1 aliphatic rings. The number of hydrogen-bond acceptors (Lipinski definition) is 2. The third kappa shape index (κ3) is 2.62. The van der Waals surface area contributed by atoms with Crippen molar-refractivity contribution in [1.29, 1.82) is 0 Å². The van der Waals surface area contributed by atoms with E-state index in [9.17, 15) is 9.59 Å². The molecular weight excluding hydrogens is 291 g/mol. The number of aromatic carboxylic acids is 1. The summed E-state index contributed by atoms with van der Waals surface area (Å²) in [5.41, 5.74) is 0.452. The van der Waals surface area contributed by atoms with Crippen molar-refractivity contribution >= 4 is 35.2 Å². The molecule has 1 N–H and O–H groups in total. The van der Waals surface area contributed by atoms with Gasteiger partial charge in [-0.25, -0.2) is 9.59 Å². The summed E-state index contributed by atoms with van der Waals surface area (Å²) in [6.45, 7) is 1.41. The maximum absolute atomic E-state index is 11.8. The van der Waals surface area contributed by atoms with Crippen molar-refractivity contribution in [2.24, 2.45) is 0 Å². The van der Waals surface area contributed by atoms with Gasteiger partial charge in [0.2, 0.25) is 0 Å². The summed E-state index contributed by atoms with van der Waals surface area (Å²) in [5.74, 6) is -1.12. The van der Waals surface area contributed by atoms with Crippen LogP contribution >= 0.6 is 23.2 Å². The van der Waals surface area contributed by atoms with E-state index < -0.39 is 5.97 Å². The minimum atomic E-state index is -1.12. The Labute approximate surface area is 120 Å². The van der Waals surface area contributed by atoms with Gasteiger partial charge in [0.15, 0.2) is 0 Å². The van der Waals surface area contributed by atoms with Crippen LogP contribution in [0.3, 0.4) is 0 Å². The van der Waals surface area contributed by atoms with Crippen molar-refractivity contribution in [2.75, 3.05) is 20.1 Å². The Morgan fingerprint density at radius 1 is 1.37 bits per heavy atom. The summed E-state index contributed by atoms with van der Waals surface area (Å²) in [6.07, 6.45) is 0. The second kappa shape index (κ2) is 5.27. The van der Waals surface area contributed by atoms with E-state index in [1.165, 1.54) is 12.1 Å². The quantitative estimate of drug-likeness (QED) is 0.933. The molecule has 102 valence electrons. The smallest absolute Gasteiger partial charge is 0.337 e. The number of carboxylic acid groups (broad SMARTS) is 1. The number of halogens is 2. The lowest BCUT2D eigenvalue weighted by atomic mass is 10.1. The summed E-state index contributed by atoms with van der Waals surface area (Å²) in [7, 11) is 1.71. The van der Waals surface area contributed by atoms with Gasteiger partial charge in [-0.2, -0.15) is 0 Å². The van der Waals surface area contributed by atoms with Gasteiger partial charge in [0.1, 0.15) is 0 Å². The number of carboxylic acids is 1. The highest BCUT2D eigenvalue weighted by Crippen LogP contribution is 2.30. The molecular formula is C12H12Cl2N2O3. The van der Waals surface area contributed by atoms with Crippen LogP contribution in [0.4, 0.5) is 4.79 Å². The molecule has 19 heavy (non-hydrogen) atoms. The van der Waals surface area contributed by atoms with Crippen molar-refractivity contribution in [2.45, 2.75) is 6.54 Å². The van der Waals surface area contributed by atoms with Gasteiger partial charge in [-0.05, 0) is 12.1 Å². The predicted molar refractivity (Wildman–Crippen MR) is 71.9 cm³/mol. The number of amides is 2. The number of hydrogen-bond donors (Lipinski definition) is 1. The van der Waals surface area contributed by atoms with Crippen LogP contribution in [0.5, 0.6) is 0 Å². The standard InChI is InChI=1S/C12H12Cl2N2O3/c1-15-4-5-16(12(15)19)6-8-9(13)3-2-7(10(8)14)11(17)18/h2-3H,4-6H2,1H3,(H,17,18). The van der Waals surface area contributed by atoms with Crippen LogP contribution in [-0.2, 0) is 6.54 Å². The number of nitrogens with zero attached hydrogens (tertiary/aromatic N) is 2. The average Bonchev–Trinajstić information content (AvgIpc) is 2.65. The highest BCUT2D eigenvalue weighted by atomic mass is 35.5. The molecule has 1 saturated heterocycles. The fourth-order valence-corrected chi connectivity index (χ4v) is 2.52. The highest BCUT2D eigenvalue weighted by molar-refractivity contribution is 6.37. The van der Waals surface area contributed by atoms with Crippen molar-refractivity contribution in [3.05, 3.63) is 33.3 Å². The van der Waals surface area contributed by atoms with Gasteiger partial charge in [-0.1, -0.05) is 23.2 Å². The van der Waals surface area contributed by atoms with Gasteiger partial charge in [-0.3, -0.25) is 0 Å². The summed E-state index contributed by atoms with van der Waals surface area (Å²) in [5, 5.41) is 9.46. The molecule has 0 radical (unpaired) electrons. The number of rotatable bonds is 3. The largest absolute Gasteiger partial charge is 0.478 e. The number of benzene rings is 1. The van der Waals surface area contributed by atoms with Crippen LogP contribution < -0.4 is 0 Å². The van der Waals surface area contributed by atoms with E-state index in [1.54, 1.807) is 16.8 Å². The van der Waals surface area contributed by atoms with E-state index in [2.05, 4.69) is 0 Å². The summed E-state index contributed by atoms with van der Waals surface area (Å²) in [6, 6.07) is 2.72. The lowest BCUT2D eigenvalue weighted by Gasteiger charge is -2.18. The first kappa shape index (κ1) is 14.0. The van der Waals surface area contributed by atoms with E-state index >= 15 is 0 Å². The number of carbonyl (C=O) groups is 2. The molecule has 2 amide bonds. The summed E-state index contributed by atoms with van der Waals surface area (Å²) < 4.78 is 0. The van der Waals surface area contributed by atoms with Crippen molar-refractivity contribution in [3.8, 4) is 0 Å². The second-order valence-corrected chi connectivity index (χ2v) is 5.10. The number of urea groups is 1. The maximum Gasteiger partial charge on any atom is 0.337 e. The fourth-order valence-electron chi connectivity index (χ4n) is 1.95. The molecule has 0 bridgehead atoms. The molecule has 7 heteroatoms. The van der Waals surface area contributed by atoms with Crippen LogP contribution in [-0.4, -0.2) is 47.0 Å². The Bertz CT molecular complexity index is 548. The monoisotopic (exact) mass is 302 g/mol. The molecule has 0 aliphatic carbocycles. The molecule has 0 unspecified atom stereocenters. The highest BCUT2D eigenvalue weighted by Gasteiger charge is 2.27. The van der Waals surface area contributed by atoms with Gasteiger partial charge in [0, 0.05) is 30.7 Å². The zero-order chi connectivity index (χ0) is 14.2. The first-order valence-electron chi connectivity index (χ1n) is 5.62. The zero-order valence-corrected chi connectivity index (χ0v) is 11.7. The summed E-state index contributed by atoms with van der Waals surface area (Å²) >= 11 is 12.1. The minimum Gasteiger partial charge on any atom is -0.478 e. The molecule has 2 rings (SSSR count). The zero-order valence-electron chi connectivity index (χ0n) is 10.2. The molecule has 1 aliphatic heterocycles. The minimum absolute atomic E-state index is 0.0129. The lowest BCUT2D eigenvalue weighted by molar-refractivity contribution is 0.0697. The average molecular weight is 303 g/mol. The Morgan fingerprint density at radius 2 is 2.05 bits per heavy atom.